The molecule has 3 aliphatic rings. The van der Waals surface area contributed by atoms with Crippen molar-refractivity contribution in [1.29, 1.82) is 0 Å². The zero-order valence-electron chi connectivity index (χ0n) is 12.7. The van der Waals surface area contributed by atoms with E-state index in [-0.39, 0.29) is 37.1 Å². The van der Waals surface area contributed by atoms with Crippen LogP contribution in [0.4, 0.5) is 0 Å². The van der Waals surface area contributed by atoms with Crippen molar-refractivity contribution in [2.75, 3.05) is 13.2 Å². The molecule has 8 nitrogen and oxygen atoms in total. The fourth-order valence-electron chi connectivity index (χ4n) is 3.14. The molecule has 3 aliphatic heterocycles. The summed E-state index contributed by atoms with van der Waals surface area (Å²) >= 11 is 0. The first kappa shape index (κ1) is 15.0. The average molecular weight is 299 g/mol. The van der Waals surface area contributed by atoms with E-state index < -0.39 is 11.6 Å². The van der Waals surface area contributed by atoms with Crippen molar-refractivity contribution in [2.24, 2.45) is 5.11 Å². The van der Waals surface area contributed by atoms with E-state index in [4.69, 9.17) is 29.2 Å². The predicted molar refractivity (Wildman–Crippen MR) is 71.4 cm³/mol. The molecule has 8 heteroatoms. The third-order valence-corrected chi connectivity index (χ3v) is 3.91. The summed E-state index contributed by atoms with van der Waals surface area (Å²) in [6.07, 6.45) is -1.46. The molecule has 0 aliphatic carbocycles. The van der Waals surface area contributed by atoms with Crippen LogP contribution in [-0.2, 0) is 23.7 Å². The number of hydrogen-bond donors (Lipinski definition) is 0. The van der Waals surface area contributed by atoms with Crippen LogP contribution in [0.15, 0.2) is 5.11 Å². The Balaban J connectivity index is 1.84. The van der Waals surface area contributed by atoms with Gasteiger partial charge in [-0.05, 0) is 33.2 Å². The molecular weight excluding hydrogens is 278 g/mol. The molecule has 0 radical (unpaired) electrons. The number of ether oxygens (including phenoxy) is 5. The molecule has 0 aromatic carbocycles. The molecule has 0 saturated carbocycles. The van der Waals surface area contributed by atoms with Gasteiger partial charge in [-0.15, -0.1) is 0 Å². The van der Waals surface area contributed by atoms with Gasteiger partial charge >= 0.3 is 0 Å². The van der Waals surface area contributed by atoms with Gasteiger partial charge < -0.3 is 23.7 Å². The second-order valence-electron chi connectivity index (χ2n) is 6.48. The Morgan fingerprint density at radius 1 is 1.05 bits per heavy atom. The SMILES string of the molecule is CC1(C)O[C@@H]2[C@@H](O1)[C@H](CN=[N+]=[N-])O[C@@H]1COC(C)(C)O[C@H]21. The predicted octanol–water partition coefficient (Wildman–Crippen LogP) is 1.74. The molecule has 3 rings (SSSR count). The maximum Gasteiger partial charge on any atom is 0.164 e. The third-order valence-electron chi connectivity index (χ3n) is 3.91. The van der Waals surface area contributed by atoms with Gasteiger partial charge in [0.2, 0.25) is 0 Å². The number of azide groups is 1. The highest BCUT2D eigenvalue weighted by molar-refractivity contribution is 5.01. The van der Waals surface area contributed by atoms with Gasteiger partial charge in [-0.25, -0.2) is 0 Å². The topological polar surface area (TPSA) is 94.9 Å². The maximum atomic E-state index is 8.52. The van der Waals surface area contributed by atoms with Gasteiger partial charge in [0, 0.05) is 4.91 Å². The van der Waals surface area contributed by atoms with E-state index in [1.54, 1.807) is 0 Å². The minimum Gasteiger partial charge on any atom is -0.367 e. The minimum atomic E-state index is -0.714. The van der Waals surface area contributed by atoms with E-state index >= 15 is 0 Å². The van der Waals surface area contributed by atoms with Crippen LogP contribution in [0.3, 0.4) is 0 Å². The zero-order valence-corrected chi connectivity index (χ0v) is 12.7. The molecule has 0 spiro atoms. The fraction of sp³-hybridized carbons (Fsp3) is 1.00. The summed E-state index contributed by atoms with van der Waals surface area (Å²) in [6.45, 7) is 8.06. The molecule has 0 aromatic rings. The minimum absolute atomic E-state index is 0.198. The van der Waals surface area contributed by atoms with Crippen molar-refractivity contribution in [3.63, 3.8) is 0 Å². The lowest BCUT2D eigenvalue weighted by molar-refractivity contribution is -0.347. The van der Waals surface area contributed by atoms with Gasteiger partial charge in [-0.2, -0.15) is 0 Å². The van der Waals surface area contributed by atoms with Crippen molar-refractivity contribution in [3.05, 3.63) is 10.4 Å². The molecule has 0 amide bonds. The molecule has 21 heavy (non-hydrogen) atoms. The highest BCUT2D eigenvalue weighted by Crippen LogP contribution is 2.41. The molecule has 3 saturated heterocycles. The van der Waals surface area contributed by atoms with Crippen molar-refractivity contribution in [1.82, 2.24) is 0 Å². The van der Waals surface area contributed by atoms with Gasteiger partial charge in [-0.3, -0.25) is 0 Å². The van der Waals surface area contributed by atoms with E-state index in [0.29, 0.717) is 6.61 Å². The molecule has 118 valence electrons. The Morgan fingerprint density at radius 2 is 1.71 bits per heavy atom. The Hall–Kier alpha value is -0.890. The Kier molecular flexibility index (Phi) is 3.64. The number of fused-ring (bicyclic) bond motifs is 3. The maximum absolute atomic E-state index is 8.52. The molecule has 0 unspecified atom stereocenters. The molecular formula is C13H21N3O5. The number of nitrogens with zero attached hydrogens (tertiary/aromatic N) is 3. The highest BCUT2D eigenvalue weighted by Gasteiger charge is 2.57. The second-order valence-corrected chi connectivity index (χ2v) is 6.48. The molecule has 3 heterocycles. The normalized spacial score (nSPS) is 43.5. The highest BCUT2D eigenvalue weighted by atomic mass is 16.8. The third kappa shape index (κ3) is 2.88. The Morgan fingerprint density at radius 3 is 2.43 bits per heavy atom. The van der Waals surface area contributed by atoms with Crippen molar-refractivity contribution in [2.45, 2.75) is 69.8 Å². The van der Waals surface area contributed by atoms with Crippen LogP contribution in [0, 0.1) is 0 Å². The van der Waals surface area contributed by atoms with Crippen LogP contribution in [0.2, 0.25) is 0 Å². The van der Waals surface area contributed by atoms with Crippen molar-refractivity contribution < 1.29 is 23.7 Å². The van der Waals surface area contributed by atoms with Crippen LogP contribution in [-0.4, -0.2) is 55.2 Å². The lowest BCUT2D eigenvalue weighted by atomic mass is 9.94. The van der Waals surface area contributed by atoms with Gasteiger partial charge in [0.15, 0.2) is 11.6 Å². The zero-order chi connectivity index (χ0) is 15.3. The van der Waals surface area contributed by atoms with E-state index in [0.717, 1.165) is 0 Å². The Bertz CT molecular complexity index is 463. The molecule has 3 fully saturated rings. The van der Waals surface area contributed by atoms with Gasteiger partial charge in [-0.1, -0.05) is 5.11 Å². The fourth-order valence-corrected chi connectivity index (χ4v) is 3.14. The van der Waals surface area contributed by atoms with Gasteiger partial charge in [0.05, 0.1) is 19.3 Å². The first-order chi connectivity index (χ1) is 9.81. The van der Waals surface area contributed by atoms with E-state index in [1.807, 2.05) is 27.7 Å². The first-order valence-electron chi connectivity index (χ1n) is 7.15. The van der Waals surface area contributed by atoms with Gasteiger partial charge in [0.25, 0.3) is 0 Å². The van der Waals surface area contributed by atoms with Crippen LogP contribution in [0.5, 0.6) is 0 Å². The summed E-state index contributed by atoms with van der Waals surface area (Å²) < 4.78 is 29.5. The summed E-state index contributed by atoms with van der Waals surface area (Å²) in [7, 11) is 0. The van der Waals surface area contributed by atoms with Gasteiger partial charge in [0.1, 0.15) is 24.4 Å². The quantitative estimate of drug-likeness (QED) is 0.439. The van der Waals surface area contributed by atoms with Crippen molar-refractivity contribution in [3.8, 4) is 0 Å². The van der Waals surface area contributed by atoms with Crippen LogP contribution in [0.1, 0.15) is 27.7 Å². The molecule has 5 atom stereocenters. The molecule has 0 bridgehead atoms. The summed E-state index contributed by atoms with van der Waals surface area (Å²) in [5.41, 5.74) is 8.52. The largest absolute Gasteiger partial charge is 0.367 e. The summed E-state index contributed by atoms with van der Waals surface area (Å²) in [5.74, 6) is -1.39. The smallest absolute Gasteiger partial charge is 0.164 e. The summed E-state index contributed by atoms with van der Waals surface area (Å²) in [6, 6.07) is 0. The van der Waals surface area contributed by atoms with Crippen molar-refractivity contribution >= 4 is 0 Å². The molecule has 0 aromatic heterocycles. The second kappa shape index (κ2) is 5.08. The first-order valence-corrected chi connectivity index (χ1v) is 7.15. The van der Waals surface area contributed by atoms with E-state index in [2.05, 4.69) is 10.0 Å². The number of hydrogen-bond acceptors (Lipinski definition) is 6. The Labute approximate surface area is 123 Å². The number of rotatable bonds is 2. The van der Waals surface area contributed by atoms with E-state index in [9.17, 15) is 0 Å². The van der Waals surface area contributed by atoms with E-state index in [1.165, 1.54) is 0 Å². The standard InChI is InChI=1S/C13H21N3O5/c1-12(2)17-6-8-10(19-12)11-9(20-13(3,4)21-11)7(18-8)5-15-16-14/h7-11H,5-6H2,1-4H3/t7-,8+,9-,10-,11+/m0/s1. The lowest BCUT2D eigenvalue weighted by Crippen LogP contribution is -2.63. The van der Waals surface area contributed by atoms with Crippen LogP contribution >= 0.6 is 0 Å². The lowest BCUT2D eigenvalue weighted by Gasteiger charge is -2.48. The summed E-state index contributed by atoms with van der Waals surface area (Å²) in [4.78, 5) is 2.79. The molecule has 0 N–H and O–H groups in total. The van der Waals surface area contributed by atoms with Crippen LogP contribution < -0.4 is 0 Å². The monoisotopic (exact) mass is 299 g/mol. The summed E-state index contributed by atoms with van der Waals surface area (Å²) in [5, 5.41) is 3.61. The van der Waals surface area contributed by atoms with Crippen LogP contribution in [0.25, 0.3) is 10.4 Å². The average Bonchev–Trinajstić information content (AvgIpc) is 2.71.